The van der Waals surface area contributed by atoms with Gasteiger partial charge in [0.1, 0.15) is 5.75 Å². The highest BCUT2D eigenvalue weighted by Gasteiger charge is 2.29. The molecule has 0 aliphatic carbocycles. The zero-order valence-electron chi connectivity index (χ0n) is 14.7. The van der Waals surface area contributed by atoms with Crippen LogP contribution in [0.1, 0.15) is 18.5 Å². The van der Waals surface area contributed by atoms with Crippen LogP contribution in [-0.4, -0.2) is 28.9 Å². The Morgan fingerprint density at radius 2 is 1.86 bits per heavy atom. The van der Waals surface area contributed by atoms with Crippen LogP contribution in [0.4, 0.5) is 10.5 Å². The molecule has 2 aromatic rings. The van der Waals surface area contributed by atoms with E-state index in [1.807, 2.05) is 0 Å². The van der Waals surface area contributed by atoms with Gasteiger partial charge in [0.25, 0.3) is 5.69 Å². The summed E-state index contributed by atoms with van der Waals surface area (Å²) in [5.74, 6) is -1.02. The number of carboxylic acid groups (broad SMARTS) is 1. The van der Waals surface area contributed by atoms with E-state index in [4.69, 9.17) is 14.2 Å². The highest BCUT2D eigenvalue weighted by Crippen LogP contribution is 2.35. The number of benzene rings is 2. The van der Waals surface area contributed by atoms with Crippen molar-refractivity contribution in [1.82, 2.24) is 5.32 Å². The number of carbonyl (C=O) groups excluding carboxylic acids is 1. The third-order valence-corrected chi connectivity index (χ3v) is 4.18. The van der Waals surface area contributed by atoms with Crippen molar-refractivity contribution in [3.8, 4) is 17.2 Å². The second kappa shape index (κ2) is 7.82. The number of carbonyl (C=O) groups is 2. The fraction of sp³-hybridized carbons (Fsp3) is 0.222. The number of hydrogen-bond acceptors (Lipinski definition) is 7. The lowest BCUT2D eigenvalue weighted by atomic mass is 9.94. The van der Waals surface area contributed by atoms with Gasteiger partial charge in [0.2, 0.25) is 6.79 Å². The van der Waals surface area contributed by atoms with E-state index in [2.05, 4.69) is 5.32 Å². The van der Waals surface area contributed by atoms with Crippen molar-refractivity contribution in [3.63, 3.8) is 0 Å². The minimum absolute atomic E-state index is 0.0630. The molecule has 1 amide bonds. The molecule has 1 aliphatic rings. The Balaban J connectivity index is 1.76. The quantitative estimate of drug-likeness (QED) is 0.569. The number of nitro groups is 1. The maximum absolute atomic E-state index is 12.3. The Morgan fingerprint density at radius 1 is 1.18 bits per heavy atom. The van der Waals surface area contributed by atoms with Gasteiger partial charge in [-0.15, -0.1) is 0 Å². The van der Waals surface area contributed by atoms with E-state index in [0.717, 1.165) is 0 Å². The fourth-order valence-corrected chi connectivity index (χ4v) is 2.65. The Kier molecular flexibility index (Phi) is 5.30. The summed E-state index contributed by atoms with van der Waals surface area (Å²) in [5.41, 5.74) is 0.352. The number of amides is 1. The van der Waals surface area contributed by atoms with Gasteiger partial charge < -0.3 is 24.6 Å². The third-order valence-electron chi connectivity index (χ3n) is 4.18. The Hall–Kier alpha value is -3.82. The molecule has 10 nitrogen and oxygen atoms in total. The number of non-ortho nitro benzene ring substituents is 1. The molecule has 3 rings (SSSR count). The molecule has 2 N–H and O–H groups in total. The first-order chi connectivity index (χ1) is 13.3. The zero-order chi connectivity index (χ0) is 20.3. The maximum atomic E-state index is 12.3. The molecule has 0 saturated heterocycles. The van der Waals surface area contributed by atoms with Gasteiger partial charge >= 0.3 is 12.1 Å². The minimum atomic E-state index is -1.11. The number of nitrogens with one attached hydrogen (secondary N) is 1. The number of aliphatic carboxylic acids is 1. The predicted octanol–water partition coefficient (Wildman–Crippen LogP) is 2.87. The van der Waals surface area contributed by atoms with Gasteiger partial charge in [-0.1, -0.05) is 6.07 Å². The highest BCUT2D eigenvalue weighted by atomic mass is 16.7. The van der Waals surface area contributed by atoms with Gasteiger partial charge in [-0.3, -0.25) is 14.9 Å². The first kappa shape index (κ1) is 19.0. The van der Waals surface area contributed by atoms with E-state index < -0.39 is 28.9 Å². The number of carboxylic acids is 1. The molecule has 1 unspecified atom stereocenters. The molecule has 0 spiro atoms. The SMILES string of the molecule is CC(C(=O)O)[C@@H](NC(=O)Oc1ccc([N+](=O)[O-])cc1)c1ccc2c(c1)OCO2. The molecule has 0 aromatic heterocycles. The number of nitrogens with zero attached hydrogens (tertiary/aromatic N) is 1. The van der Waals surface area contributed by atoms with Gasteiger partial charge in [0.15, 0.2) is 11.5 Å². The fourth-order valence-electron chi connectivity index (χ4n) is 2.65. The number of fused-ring (bicyclic) bond motifs is 1. The summed E-state index contributed by atoms with van der Waals surface area (Å²) < 4.78 is 15.6. The second-order valence-electron chi connectivity index (χ2n) is 6.00. The monoisotopic (exact) mass is 388 g/mol. The smallest absolute Gasteiger partial charge is 0.413 e. The summed E-state index contributed by atoms with van der Waals surface area (Å²) in [5, 5.41) is 22.6. The molecule has 0 fully saturated rings. The highest BCUT2D eigenvalue weighted by molar-refractivity contribution is 5.75. The molecule has 146 valence electrons. The van der Waals surface area contributed by atoms with E-state index >= 15 is 0 Å². The third kappa shape index (κ3) is 4.11. The van der Waals surface area contributed by atoms with Crippen LogP contribution < -0.4 is 19.5 Å². The summed E-state index contributed by atoms with van der Waals surface area (Å²) in [6.45, 7) is 1.51. The van der Waals surface area contributed by atoms with E-state index in [-0.39, 0.29) is 18.2 Å². The van der Waals surface area contributed by atoms with Gasteiger partial charge in [-0.05, 0) is 36.8 Å². The molecule has 10 heteroatoms. The van der Waals surface area contributed by atoms with Crippen molar-refractivity contribution < 1.29 is 33.8 Å². The topological polar surface area (TPSA) is 137 Å². The van der Waals surface area contributed by atoms with Crippen LogP contribution in [0.5, 0.6) is 17.2 Å². The Bertz CT molecular complexity index is 912. The van der Waals surface area contributed by atoms with E-state index in [0.29, 0.717) is 17.1 Å². The summed E-state index contributed by atoms with van der Waals surface area (Å²) in [6, 6.07) is 8.88. The second-order valence-corrected chi connectivity index (χ2v) is 6.00. The minimum Gasteiger partial charge on any atom is -0.481 e. The zero-order valence-corrected chi connectivity index (χ0v) is 14.7. The number of nitro benzene ring substituents is 1. The Labute approximate surface area is 158 Å². The van der Waals surface area contributed by atoms with Crippen LogP contribution >= 0.6 is 0 Å². The van der Waals surface area contributed by atoms with Crippen molar-refractivity contribution in [2.45, 2.75) is 13.0 Å². The molecule has 0 bridgehead atoms. The van der Waals surface area contributed by atoms with Crippen molar-refractivity contribution >= 4 is 17.7 Å². The van der Waals surface area contributed by atoms with Gasteiger partial charge in [-0.2, -0.15) is 0 Å². The molecule has 1 heterocycles. The molecule has 2 aromatic carbocycles. The summed E-state index contributed by atoms with van der Waals surface area (Å²) >= 11 is 0. The van der Waals surface area contributed by atoms with Crippen LogP contribution in [-0.2, 0) is 4.79 Å². The van der Waals surface area contributed by atoms with E-state index in [9.17, 15) is 24.8 Å². The van der Waals surface area contributed by atoms with Crippen molar-refractivity contribution in [1.29, 1.82) is 0 Å². The maximum Gasteiger partial charge on any atom is 0.413 e. The van der Waals surface area contributed by atoms with E-state index in [1.54, 1.807) is 18.2 Å². The molecule has 28 heavy (non-hydrogen) atoms. The van der Waals surface area contributed by atoms with Gasteiger partial charge in [-0.25, -0.2) is 4.79 Å². The molecule has 0 saturated carbocycles. The van der Waals surface area contributed by atoms with Crippen molar-refractivity contribution in [2.24, 2.45) is 5.92 Å². The van der Waals surface area contributed by atoms with Crippen LogP contribution in [0.2, 0.25) is 0 Å². The van der Waals surface area contributed by atoms with Gasteiger partial charge in [0, 0.05) is 12.1 Å². The van der Waals surface area contributed by atoms with Crippen LogP contribution in [0.25, 0.3) is 0 Å². The summed E-state index contributed by atoms with van der Waals surface area (Å²) in [6.07, 6.45) is -0.899. The lowest BCUT2D eigenvalue weighted by Crippen LogP contribution is -2.37. The molecule has 2 atom stereocenters. The average Bonchev–Trinajstić information content (AvgIpc) is 3.13. The molecular formula is C18H16N2O8. The van der Waals surface area contributed by atoms with Crippen molar-refractivity contribution in [3.05, 3.63) is 58.1 Å². The largest absolute Gasteiger partial charge is 0.481 e. The lowest BCUT2D eigenvalue weighted by molar-refractivity contribution is -0.384. The van der Waals surface area contributed by atoms with Crippen molar-refractivity contribution in [2.75, 3.05) is 6.79 Å². The molecule has 0 radical (unpaired) electrons. The first-order valence-electron chi connectivity index (χ1n) is 8.20. The standard InChI is InChI=1S/C18H16N2O8/c1-10(17(21)22)16(11-2-7-14-15(8-11)27-9-26-14)19-18(23)28-13-5-3-12(4-6-13)20(24)25/h2-8,10,16H,9H2,1H3,(H,19,23)(H,21,22)/t10?,16-/m1/s1. The summed E-state index contributed by atoms with van der Waals surface area (Å²) in [7, 11) is 0. The molecular weight excluding hydrogens is 372 g/mol. The average molecular weight is 388 g/mol. The van der Waals surface area contributed by atoms with E-state index in [1.165, 1.54) is 31.2 Å². The number of hydrogen-bond donors (Lipinski definition) is 2. The Morgan fingerprint density at radius 3 is 2.50 bits per heavy atom. The first-order valence-corrected chi connectivity index (χ1v) is 8.20. The molecule has 1 aliphatic heterocycles. The van der Waals surface area contributed by atoms with Crippen LogP contribution in [0.3, 0.4) is 0 Å². The predicted molar refractivity (Wildman–Crippen MR) is 94.4 cm³/mol. The number of ether oxygens (including phenoxy) is 3. The summed E-state index contributed by atoms with van der Waals surface area (Å²) in [4.78, 5) is 33.8. The number of rotatable bonds is 6. The normalized spacial score (nSPS) is 14.0. The van der Waals surface area contributed by atoms with Gasteiger partial charge in [0.05, 0.1) is 16.9 Å². The van der Waals surface area contributed by atoms with Crippen LogP contribution in [0.15, 0.2) is 42.5 Å². The van der Waals surface area contributed by atoms with Crippen LogP contribution in [0, 0.1) is 16.0 Å². The lowest BCUT2D eigenvalue weighted by Gasteiger charge is -2.22.